The van der Waals surface area contributed by atoms with Crippen molar-refractivity contribution in [1.82, 2.24) is 9.55 Å². The quantitative estimate of drug-likeness (QED) is 0.397. The molecule has 0 N–H and O–H groups in total. The summed E-state index contributed by atoms with van der Waals surface area (Å²) < 4.78 is 76.8. The Morgan fingerprint density at radius 2 is 1.85 bits per heavy atom. The van der Waals surface area contributed by atoms with Crippen LogP contribution in [0.5, 0.6) is 5.75 Å². The highest BCUT2D eigenvalue weighted by molar-refractivity contribution is 7.90. The number of ether oxygens (including phenoxy) is 2. The summed E-state index contributed by atoms with van der Waals surface area (Å²) in [5.74, 6) is 0.0375. The van der Waals surface area contributed by atoms with Gasteiger partial charge < -0.3 is 14.0 Å². The summed E-state index contributed by atoms with van der Waals surface area (Å²) >= 11 is 0. The standard InChI is InChI=1S/C24H19F3N2O4S/c1-34(30,31)15-8-6-14(7-9-15)17-10-20-19(11-18(17)25)28-23-13-32-12-21(29(20)23)16-4-2-3-5-22(16)33-24(26)27/h2-11,21,24H,12-13H2,1H3/t21-/m0/s1. The summed E-state index contributed by atoms with van der Waals surface area (Å²) in [5, 5.41) is 0. The number of fused-ring (bicyclic) bond motifs is 3. The fourth-order valence-electron chi connectivity index (χ4n) is 4.24. The molecule has 1 aliphatic heterocycles. The summed E-state index contributed by atoms with van der Waals surface area (Å²) in [4.78, 5) is 4.62. The summed E-state index contributed by atoms with van der Waals surface area (Å²) in [5.41, 5.74) is 2.24. The minimum Gasteiger partial charge on any atom is -0.434 e. The molecule has 0 fully saturated rings. The average Bonchev–Trinajstić information content (AvgIpc) is 3.15. The van der Waals surface area contributed by atoms with Crippen molar-refractivity contribution in [2.24, 2.45) is 0 Å². The molecule has 1 aromatic heterocycles. The van der Waals surface area contributed by atoms with Crippen LogP contribution in [0.3, 0.4) is 0 Å². The van der Waals surface area contributed by atoms with Crippen LogP contribution < -0.4 is 4.74 Å². The molecule has 1 aliphatic rings. The zero-order valence-corrected chi connectivity index (χ0v) is 18.7. The van der Waals surface area contributed by atoms with Gasteiger partial charge in [-0.05, 0) is 29.8 Å². The molecule has 1 atom stereocenters. The number of hydrogen-bond donors (Lipinski definition) is 0. The van der Waals surface area contributed by atoms with Gasteiger partial charge in [-0.2, -0.15) is 8.78 Å². The van der Waals surface area contributed by atoms with Crippen LogP contribution in [0, 0.1) is 5.82 Å². The van der Waals surface area contributed by atoms with Crippen LogP contribution in [0.15, 0.2) is 65.6 Å². The lowest BCUT2D eigenvalue weighted by Gasteiger charge is -2.28. The Balaban J connectivity index is 1.65. The van der Waals surface area contributed by atoms with E-state index < -0.39 is 28.3 Å². The Morgan fingerprint density at radius 1 is 1.12 bits per heavy atom. The molecule has 0 aliphatic carbocycles. The summed E-state index contributed by atoms with van der Waals surface area (Å²) in [6.07, 6.45) is 1.10. The lowest BCUT2D eigenvalue weighted by atomic mass is 10.0. The molecule has 5 rings (SSSR count). The molecule has 0 bridgehead atoms. The highest BCUT2D eigenvalue weighted by Crippen LogP contribution is 2.37. The second kappa shape index (κ2) is 8.44. The summed E-state index contributed by atoms with van der Waals surface area (Å²) in [7, 11) is -3.39. The van der Waals surface area contributed by atoms with Gasteiger partial charge in [-0.25, -0.2) is 17.8 Å². The first-order valence-electron chi connectivity index (χ1n) is 10.3. The first-order chi connectivity index (χ1) is 16.2. The van der Waals surface area contributed by atoms with Crippen molar-refractivity contribution in [3.63, 3.8) is 0 Å². The third-order valence-corrected chi connectivity index (χ3v) is 6.89. The minimum absolute atomic E-state index is 0.0273. The maximum absolute atomic E-state index is 15.0. The van der Waals surface area contributed by atoms with Gasteiger partial charge in [0.1, 0.15) is 24.0 Å². The Hall–Kier alpha value is -3.37. The van der Waals surface area contributed by atoms with Crippen LogP contribution >= 0.6 is 0 Å². The largest absolute Gasteiger partial charge is 0.434 e. The smallest absolute Gasteiger partial charge is 0.387 e. The SMILES string of the molecule is CS(=O)(=O)c1ccc(-c2cc3c(cc2F)nc2n3[C@H](c3ccccc3OC(F)F)COC2)cc1. The van der Waals surface area contributed by atoms with Gasteiger partial charge in [-0.3, -0.25) is 0 Å². The number of nitrogens with zero attached hydrogens (tertiary/aromatic N) is 2. The molecule has 2 heterocycles. The van der Waals surface area contributed by atoms with Crippen LogP contribution in [0.1, 0.15) is 17.4 Å². The average molecular weight is 488 g/mol. The van der Waals surface area contributed by atoms with Gasteiger partial charge >= 0.3 is 6.61 Å². The van der Waals surface area contributed by atoms with Gasteiger partial charge in [0.05, 0.1) is 28.6 Å². The van der Waals surface area contributed by atoms with Crippen molar-refractivity contribution in [3.05, 3.63) is 77.9 Å². The maximum Gasteiger partial charge on any atom is 0.387 e. The minimum atomic E-state index is -3.39. The number of sulfone groups is 1. The van der Waals surface area contributed by atoms with E-state index in [0.29, 0.717) is 28.0 Å². The number of hydrogen-bond acceptors (Lipinski definition) is 5. The van der Waals surface area contributed by atoms with Crippen LogP contribution in [-0.4, -0.2) is 37.4 Å². The first-order valence-corrected chi connectivity index (χ1v) is 12.2. The molecule has 0 unspecified atom stereocenters. The monoisotopic (exact) mass is 488 g/mol. The summed E-state index contributed by atoms with van der Waals surface area (Å²) in [6.45, 7) is -2.61. The Bertz CT molecular complexity index is 1480. The van der Waals surface area contributed by atoms with Gasteiger partial charge in [-0.1, -0.05) is 30.3 Å². The molecular weight excluding hydrogens is 469 g/mol. The number of para-hydroxylation sites is 1. The number of imidazole rings is 1. The number of halogens is 3. The molecule has 0 saturated heterocycles. The van der Waals surface area contributed by atoms with Gasteiger partial charge in [0.25, 0.3) is 0 Å². The molecule has 3 aromatic carbocycles. The van der Waals surface area contributed by atoms with Gasteiger partial charge in [0.15, 0.2) is 9.84 Å². The van der Waals surface area contributed by atoms with E-state index in [4.69, 9.17) is 9.47 Å². The molecule has 0 amide bonds. The Kier molecular flexibility index (Phi) is 5.57. The van der Waals surface area contributed by atoms with Crippen LogP contribution in [0.25, 0.3) is 22.2 Å². The molecule has 176 valence electrons. The molecule has 34 heavy (non-hydrogen) atoms. The second-order valence-electron chi connectivity index (χ2n) is 7.96. The molecular formula is C24H19F3N2O4S. The molecule has 0 saturated carbocycles. The van der Waals surface area contributed by atoms with Crippen LogP contribution in [-0.2, 0) is 21.2 Å². The zero-order valence-electron chi connectivity index (χ0n) is 17.9. The van der Waals surface area contributed by atoms with Gasteiger partial charge in [0, 0.05) is 23.4 Å². The number of benzene rings is 3. The predicted octanol–water partition coefficient (Wildman–Crippen LogP) is 4.97. The van der Waals surface area contributed by atoms with Crippen LogP contribution in [0.2, 0.25) is 0 Å². The van der Waals surface area contributed by atoms with E-state index in [1.807, 2.05) is 4.57 Å². The zero-order chi connectivity index (χ0) is 24.0. The van der Waals surface area contributed by atoms with E-state index in [2.05, 4.69) is 4.98 Å². The number of rotatable bonds is 5. The normalized spacial score (nSPS) is 16.1. The van der Waals surface area contributed by atoms with E-state index in [0.717, 1.165) is 6.26 Å². The van der Waals surface area contributed by atoms with Crippen molar-refractivity contribution >= 4 is 20.9 Å². The third kappa shape index (κ3) is 4.03. The number of alkyl halides is 2. The third-order valence-electron chi connectivity index (χ3n) is 5.76. The molecule has 10 heteroatoms. The highest BCUT2D eigenvalue weighted by Gasteiger charge is 2.29. The van der Waals surface area contributed by atoms with Crippen LogP contribution in [0.4, 0.5) is 13.2 Å². The maximum atomic E-state index is 15.0. The Labute approximate surface area is 193 Å². The lowest BCUT2D eigenvalue weighted by molar-refractivity contribution is -0.0512. The number of aromatic nitrogens is 2. The molecule has 4 aromatic rings. The van der Waals surface area contributed by atoms with Crippen molar-refractivity contribution in [2.75, 3.05) is 12.9 Å². The van der Waals surface area contributed by atoms with E-state index >= 15 is 4.39 Å². The van der Waals surface area contributed by atoms with E-state index in [1.54, 1.807) is 36.4 Å². The topological polar surface area (TPSA) is 70.4 Å². The van der Waals surface area contributed by atoms with Crippen molar-refractivity contribution in [3.8, 4) is 16.9 Å². The molecule has 6 nitrogen and oxygen atoms in total. The summed E-state index contributed by atoms with van der Waals surface area (Å²) in [6, 6.07) is 14.8. The van der Waals surface area contributed by atoms with Gasteiger partial charge in [-0.15, -0.1) is 0 Å². The van der Waals surface area contributed by atoms with Crippen molar-refractivity contribution in [2.45, 2.75) is 24.2 Å². The van der Waals surface area contributed by atoms with E-state index in [9.17, 15) is 17.2 Å². The van der Waals surface area contributed by atoms with Crippen molar-refractivity contribution in [1.29, 1.82) is 0 Å². The Morgan fingerprint density at radius 3 is 2.56 bits per heavy atom. The first kappa shape index (κ1) is 22.4. The highest BCUT2D eigenvalue weighted by atomic mass is 32.2. The predicted molar refractivity (Wildman–Crippen MR) is 119 cm³/mol. The van der Waals surface area contributed by atoms with E-state index in [1.165, 1.54) is 24.3 Å². The lowest BCUT2D eigenvalue weighted by Crippen LogP contribution is -2.25. The fraction of sp³-hybridized carbons (Fsp3) is 0.208. The fourth-order valence-corrected chi connectivity index (χ4v) is 4.87. The van der Waals surface area contributed by atoms with Crippen molar-refractivity contribution < 1.29 is 31.1 Å². The van der Waals surface area contributed by atoms with Gasteiger partial charge in [0.2, 0.25) is 0 Å². The second-order valence-corrected chi connectivity index (χ2v) is 9.98. The van der Waals surface area contributed by atoms with E-state index in [-0.39, 0.29) is 29.4 Å². The molecule has 0 spiro atoms. The molecule has 0 radical (unpaired) electrons.